The van der Waals surface area contributed by atoms with Gasteiger partial charge in [0.25, 0.3) is 0 Å². The monoisotopic (exact) mass is 350 g/mol. The highest BCUT2D eigenvalue weighted by Crippen LogP contribution is 2.65. The normalized spacial score (nSPS) is 53.6. The molecule has 1 unspecified atom stereocenters. The van der Waals surface area contributed by atoms with Crippen LogP contribution in [0.5, 0.6) is 0 Å². The molecule has 0 aromatic heterocycles. The lowest BCUT2D eigenvalue weighted by Gasteiger charge is -2.57. The maximum atomic E-state index is 10.8. The Labute approximate surface area is 153 Å². The molecule has 3 heteroatoms. The van der Waals surface area contributed by atoms with Gasteiger partial charge in [0, 0.05) is 7.11 Å². The molecule has 0 aliphatic heterocycles. The molecule has 0 spiro atoms. The highest BCUT2D eigenvalue weighted by atomic mass is 16.5. The fraction of sp³-hybridized carbons (Fsp3) is 1.00. The van der Waals surface area contributed by atoms with E-state index in [1.54, 1.807) is 7.11 Å². The Hall–Kier alpha value is -0.120. The van der Waals surface area contributed by atoms with E-state index in [9.17, 15) is 10.2 Å². The van der Waals surface area contributed by atoms with Crippen LogP contribution in [0.4, 0.5) is 0 Å². The van der Waals surface area contributed by atoms with Crippen LogP contribution in [-0.2, 0) is 4.74 Å². The van der Waals surface area contributed by atoms with Crippen molar-refractivity contribution < 1.29 is 14.9 Å². The molecule has 4 aliphatic rings. The maximum absolute atomic E-state index is 10.8. The van der Waals surface area contributed by atoms with Gasteiger partial charge < -0.3 is 14.9 Å². The first-order valence-electron chi connectivity index (χ1n) is 10.8. The van der Waals surface area contributed by atoms with Gasteiger partial charge in [0.2, 0.25) is 0 Å². The standard InChI is InChI=1S/C22H38O3/c1-14(23)19-6-7-20-18-5-4-15-12-22(24,13-25-3)11-9-16(15)17(18)8-10-21(19,20)2/h14-20,23-24H,4-13H2,1-3H3/t14?,15-,16+,17-,18-,19-,20+,21-,22+/m1/s1. The summed E-state index contributed by atoms with van der Waals surface area (Å²) in [5, 5.41) is 21.1. The second kappa shape index (κ2) is 6.49. The predicted octanol–water partition coefficient (Wildman–Crippen LogP) is 4.01. The lowest BCUT2D eigenvalue weighted by Crippen LogP contribution is -2.52. The van der Waals surface area contributed by atoms with E-state index in [1.165, 1.54) is 44.9 Å². The van der Waals surface area contributed by atoms with Crippen molar-refractivity contribution in [2.45, 2.75) is 83.3 Å². The average molecular weight is 351 g/mol. The first-order chi connectivity index (χ1) is 11.9. The number of aliphatic hydroxyl groups is 2. The van der Waals surface area contributed by atoms with Crippen LogP contribution in [0.3, 0.4) is 0 Å². The molecule has 3 nitrogen and oxygen atoms in total. The Morgan fingerprint density at radius 3 is 2.48 bits per heavy atom. The van der Waals surface area contributed by atoms with E-state index in [1.807, 2.05) is 6.92 Å². The number of hydrogen-bond donors (Lipinski definition) is 2. The van der Waals surface area contributed by atoms with E-state index in [0.29, 0.717) is 23.9 Å². The van der Waals surface area contributed by atoms with E-state index in [4.69, 9.17) is 4.74 Å². The zero-order valence-electron chi connectivity index (χ0n) is 16.4. The molecule has 0 heterocycles. The van der Waals surface area contributed by atoms with Crippen molar-refractivity contribution in [3.63, 3.8) is 0 Å². The smallest absolute Gasteiger partial charge is 0.0882 e. The molecule has 25 heavy (non-hydrogen) atoms. The number of ether oxygens (including phenoxy) is 1. The zero-order chi connectivity index (χ0) is 17.8. The van der Waals surface area contributed by atoms with E-state index < -0.39 is 5.60 Å². The zero-order valence-corrected chi connectivity index (χ0v) is 16.4. The third-order valence-corrected chi connectivity index (χ3v) is 9.17. The van der Waals surface area contributed by atoms with Gasteiger partial charge in [0.15, 0.2) is 0 Å². The van der Waals surface area contributed by atoms with Crippen LogP contribution >= 0.6 is 0 Å². The Morgan fingerprint density at radius 1 is 1.00 bits per heavy atom. The highest BCUT2D eigenvalue weighted by Gasteiger charge is 2.58. The third-order valence-electron chi connectivity index (χ3n) is 9.17. The molecule has 4 saturated carbocycles. The minimum Gasteiger partial charge on any atom is -0.393 e. The molecule has 0 radical (unpaired) electrons. The molecule has 0 aromatic carbocycles. The molecule has 0 amide bonds. The number of methoxy groups -OCH3 is 1. The van der Waals surface area contributed by atoms with Gasteiger partial charge >= 0.3 is 0 Å². The van der Waals surface area contributed by atoms with Crippen molar-refractivity contribution in [1.29, 1.82) is 0 Å². The molecule has 0 aromatic rings. The average Bonchev–Trinajstić information content (AvgIpc) is 2.91. The molecule has 4 rings (SSSR count). The van der Waals surface area contributed by atoms with Crippen LogP contribution in [-0.4, -0.2) is 35.6 Å². The summed E-state index contributed by atoms with van der Waals surface area (Å²) in [6.07, 6.45) is 10.8. The molecule has 2 N–H and O–H groups in total. The van der Waals surface area contributed by atoms with Crippen molar-refractivity contribution >= 4 is 0 Å². The Bertz CT molecular complexity index is 492. The van der Waals surface area contributed by atoms with E-state index in [-0.39, 0.29) is 6.10 Å². The van der Waals surface area contributed by atoms with Crippen molar-refractivity contribution in [2.24, 2.45) is 40.9 Å². The Balaban J connectivity index is 1.50. The fourth-order valence-corrected chi connectivity index (χ4v) is 8.20. The lowest BCUT2D eigenvalue weighted by atomic mass is 9.49. The minimum atomic E-state index is -0.573. The second-order valence-electron chi connectivity index (χ2n) is 10.3. The van der Waals surface area contributed by atoms with Gasteiger partial charge in [-0.05, 0) is 106 Å². The van der Waals surface area contributed by atoms with Crippen molar-refractivity contribution in [3.8, 4) is 0 Å². The molecule has 9 atom stereocenters. The number of hydrogen-bond acceptors (Lipinski definition) is 3. The third kappa shape index (κ3) is 2.89. The van der Waals surface area contributed by atoms with E-state index >= 15 is 0 Å². The summed E-state index contributed by atoms with van der Waals surface area (Å²) < 4.78 is 5.30. The molecule has 144 valence electrons. The van der Waals surface area contributed by atoms with E-state index in [2.05, 4.69) is 6.92 Å². The van der Waals surface area contributed by atoms with Gasteiger partial charge in [-0.25, -0.2) is 0 Å². The van der Waals surface area contributed by atoms with Gasteiger partial charge in [-0.2, -0.15) is 0 Å². The highest BCUT2D eigenvalue weighted by molar-refractivity contribution is 5.07. The molecular formula is C22H38O3. The summed E-state index contributed by atoms with van der Waals surface area (Å²) in [7, 11) is 1.71. The number of rotatable bonds is 3. The summed E-state index contributed by atoms with van der Waals surface area (Å²) in [6.45, 7) is 5.00. The van der Waals surface area contributed by atoms with Crippen LogP contribution in [0, 0.1) is 40.9 Å². The Kier molecular flexibility index (Phi) is 4.74. The van der Waals surface area contributed by atoms with Crippen molar-refractivity contribution in [3.05, 3.63) is 0 Å². The van der Waals surface area contributed by atoms with Crippen LogP contribution in [0.15, 0.2) is 0 Å². The lowest BCUT2D eigenvalue weighted by molar-refractivity contribution is -0.127. The fourth-order valence-electron chi connectivity index (χ4n) is 8.20. The van der Waals surface area contributed by atoms with Crippen LogP contribution < -0.4 is 0 Å². The summed E-state index contributed by atoms with van der Waals surface area (Å²) in [6, 6.07) is 0. The maximum Gasteiger partial charge on any atom is 0.0882 e. The Morgan fingerprint density at radius 2 is 1.76 bits per heavy atom. The molecule has 0 bridgehead atoms. The number of aliphatic hydroxyl groups excluding tert-OH is 1. The van der Waals surface area contributed by atoms with Gasteiger partial charge in [0.1, 0.15) is 0 Å². The topological polar surface area (TPSA) is 49.7 Å². The first-order valence-corrected chi connectivity index (χ1v) is 10.8. The summed E-state index contributed by atoms with van der Waals surface area (Å²) in [5.74, 6) is 4.61. The van der Waals surface area contributed by atoms with Crippen LogP contribution in [0.1, 0.15) is 71.6 Å². The first kappa shape index (κ1) is 18.3. The SMILES string of the molecule is COC[C@]1(O)CC[C@H]2[C@H](CC[C@@H]3[C@@H]2CC[C@]2(C)[C@@H](C(C)O)CC[C@@H]32)C1. The van der Waals surface area contributed by atoms with Gasteiger partial charge in [0.05, 0.1) is 18.3 Å². The summed E-state index contributed by atoms with van der Waals surface area (Å²) in [5.41, 5.74) is -0.204. The van der Waals surface area contributed by atoms with Crippen molar-refractivity contribution in [2.75, 3.05) is 13.7 Å². The quantitative estimate of drug-likeness (QED) is 0.808. The molecular weight excluding hydrogens is 312 g/mol. The minimum absolute atomic E-state index is 0.151. The van der Waals surface area contributed by atoms with E-state index in [0.717, 1.165) is 36.5 Å². The number of fused-ring (bicyclic) bond motifs is 5. The van der Waals surface area contributed by atoms with Crippen molar-refractivity contribution in [1.82, 2.24) is 0 Å². The second-order valence-corrected chi connectivity index (χ2v) is 10.3. The van der Waals surface area contributed by atoms with Gasteiger partial charge in [-0.15, -0.1) is 0 Å². The van der Waals surface area contributed by atoms with Gasteiger partial charge in [-0.3, -0.25) is 0 Å². The molecule has 4 aliphatic carbocycles. The van der Waals surface area contributed by atoms with Crippen LogP contribution in [0.25, 0.3) is 0 Å². The van der Waals surface area contributed by atoms with Gasteiger partial charge in [-0.1, -0.05) is 6.92 Å². The predicted molar refractivity (Wildman–Crippen MR) is 99.1 cm³/mol. The largest absolute Gasteiger partial charge is 0.393 e. The molecule has 4 fully saturated rings. The summed E-state index contributed by atoms with van der Waals surface area (Å²) >= 11 is 0. The van der Waals surface area contributed by atoms with Crippen LogP contribution in [0.2, 0.25) is 0 Å². The molecule has 0 saturated heterocycles. The summed E-state index contributed by atoms with van der Waals surface area (Å²) in [4.78, 5) is 0.